The van der Waals surface area contributed by atoms with Crippen molar-refractivity contribution >= 4 is 11.9 Å². The molecule has 4 N–H and O–H groups in total. The highest BCUT2D eigenvalue weighted by Crippen LogP contribution is 1.99. The van der Waals surface area contributed by atoms with Gasteiger partial charge in [0.05, 0.1) is 6.10 Å². The van der Waals surface area contributed by atoms with Gasteiger partial charge in [0.25, 0.3) is 0 Å². The summed E-state index contributed by atoms with van der Waals surface area (Å²) in [4.78, 5) is 19.8. The summed E-state index contributed by atoms with van der Waals surface area (Å²) in [5.41, 5.74) is 0. The molecule has 0 aromatic rings. The van der Waals surface area contributed by atoms with E-state index in [1.54, 1.807) is 0 Å². The number of rotatable bonds is 5. The van der Waals surface area contributed by atoms with E-state index >= 15 is 0 Å². The third-order valence-electron chi connectivity index (χ3n) is 2.34. The van der Waals surface area contributed by atoms with E-state index < -0.39 is 11.9 Å². The fraction of sp³-hybridized carbons (Fsp3) is 0.818. The number of hydrogen-bond acceptors (Lipinski definition) is 4. The predicted octanol–water partition coefficient (Wildman–Crippen LogP) is 0.447. The Hall–Kier alpha value is -1.14. The molecule has 17 heavy (non-hydrogen) atoms. The Morgan fingerprint density at radius 2 is 1.41 bits per heavy atom. The Morgan fingerprint density at radius 1 is 1.00 bits per heavy atom. The number of hydrogen-bond donors (Lipinski definition) is 4. The van der Waals surface area contributed by atoms with E-state index in [0.29, 0.717) is 12.8 Å². The minimum absolute atomic E-state index is 0.0266. The van der Waals surface area contributed by atoms with Crippen LogP contribution in [0.4, 0.5) is 0 Å². The van der Waals surface area contributed by atoms with Crippen LogP contribution in [0.5, 0.6) is 0 Å². The Labute approximate surface area is 101 Å². The number of aliphatic hydroxyl groups excluding tert-OH is 1. The number of unbranched alkanes of at least 4 members (excludes halogenated alkanes) is 1. The van der Waals surface area contributed by atoms with Crippen molar-refractivity contribution in [2.75, 3.05) is 13.1 Å². The second kappa shape index (κ2) is 10.0. The second-order valence-electron chi connectivity index (χ2n) is 3.98. The van der Waals surface area contributed by atoms with Crippen LogP contribution in [0.15, 0.2) is 0 Å². The molecule has 0 atom stereocenters. The van der Waals surface area contributed by atoms with Crippen molar-refractivity contribution in [2.45, 2.75) is 44.6 Å². The maximum Gasteiger partial charge on any atom is 0.303 e. The van der Waals surface area contributed by atoms with Crippen LogP contribution in [-0.4, -0.2) is 46.5 Å². The van der Waals surface area contributed by atoms with Crippen molar-refractivity contribution in [1.29, 1.82) is 0 Å². The Balaban J connectivity index is 0.000000318. The van der Waals surface area contributed by atoms with E-state index in [1.165, 1.54) is 0 Å². The summed E-state index contributed by atoms with van der Waals surface area (Å²) >= 11 is 0. The number of carboxylic acids is 2. The first kappa shape index (κ1) is 15.9. The van der Waals surface area contributed by atoms with E-state index in [-0.39, 0.29) is 18.9 Å². The van der Waals surface area contributed by atoms with Gasteiger partial charge in [-0.3, -0.25) is 9.59 Å². The van der Waals surface area contributed by atoms with E-state index in [4.69, 9.17) is 15.3 Å². The van der Waals surface area contributed by atoms with E-state index in [2.05, 4.69) is 5.32 Å². The molecule has 6 nitrogen and oxygen atoms in total. The first-order chi connectivity index (χ1) is 8.02. The molecule has 100 valence electrons. The number of carbonyl (C=O) groups is 2. The first-order valence-corrected chi connectivity index (χ1v) is 5.84. The van der Waals surface area contributed by atoms with Gasteiger partial charge in [-0.1, -0.05) is 0 Å². The topological polar surface area (TPSA) is 107 Å². The molecular formula is C11H21NO5. The molecule has 0 aliphatic carbocycles. The fourth-order valence-corrected chi connectivity index (χ4v) is 1.36. The maximum atomic E-state index is 9.90. The van der Waals surface area contributed by atoms with Gasteiger partial charge in [-0.05, 0) is 38.8 Å². The zero-order chi connectivity index (χ0) is 13.1. The zero-order valence-electron chi connectivity index (χ0n) is 9.89. The first-order valence-electron chi connectivity index (χ1n) is 5.84. The van der Waals surface area contributed by atoms with Crippen molar-refractivity contribution in [1.82, 2.24) is 5.32 Å². The van der Waals surface area contributed by atoms with Gasteiger partial charge < -0.3 is 20.6 Å². The molecule has 6 heteroatoms. The van der Waals surface area contributed by atoms with Crippen molar-refractivity contribution in [2.24, 2.45) is 0 Å². The molecule has 1 aliphatic rings. The maximum absolute atomic E-state index is 9.90. The highest BCUT2D eigenvalue weighted by molar-refractivity contribution is 5.67. The van der Waals surface area contributed by atoms with Gasteiger partial charge in [-0.25, -0.2) is 0 Å². The van der Waals surface area contributed by atoms with Gasteiger partial charge in [0.1, 0.15) is 0 Å². The monoisotopic (exact) mass is 247 g/mol. The number of nitrogens with one attached hydrogen (secondary N) is 1. The lowest BCUT2D eigenvalue weighted by Gasteiger charge is -2.16. The fourth-order valence-electron chi connectivity index (χ4n) is 1.36. The highest BCUT2D eigenvalue weighted by Gasteiger charge is 2.06. The standard InChI is InChI=1S/C6H10O4.C5H11NO/c7-5(8)3-1-2-4-6(9)10;7-5-1-3-6-4-2-5/h1-4H2,(H,7,8)(H,9,10);5-7H,1-4H2. The molecule has 1 fully saturated rings. The van der Waals surface area contributed by atoms with Crippen LogP contribution in [0.2, 0.25) is 0 Å². The van der Waals surface area contributed by atoms with Crippen LogP contribution in [0, 0.1) is 0 Å². The lowest BCUT2D eigenvalue weighted by atomic mass is 10.1. The lowest BCUT2D eigenvalue weighted by Crippen LogP contribution is -2.30. The average molecular weight is 247 g/mol. The second-order valence-corrected chi connectivity index (χ2v) is 3.98. The van der Waals surface area contributed by atoms with Crippen molar-refractivity contribution < 1.29 is 24.9 Å². The molecule has 0 saturated carbocycles. The van der Waals surface area contributed by atoms with Gasteiger partial charge in [-0.15, -0.1) is 0 Å². The van der Waals surface area contributed by atoms with Gasteiger partial charge in [0.2, 0.25) is 0 Å². The average Bonchev–Trinajstić information content (AvgIpc) is 2.26. The molecule has 0 unspecified atom stereocenters. The molecule has 1 saturated heterocycles. The molecule has 0 radical (unpaired) electrons. The Morgan fingerprint density at radius 3 is 1.65 bits per heavy atom. The molecule has 0 bridgehead atoms. The van der Waals surface area contributed by atoms with Gasteiger partial charge in [0.15, 0.2) is 0 Å². The molecule has 0 amide bonds. The largest absolute Gasteiger partial charge is 0.481 e. The summed E-state index contributed by atoms with van der Waals surface area (Å²) < 4.78 is 0. The summed E-state index contributed by atoms with van der Waals surface area (Å²) in [7, 11) is 0. The van der Waals surface area contributed by atoms with Crippen LogP contribution in [0.3, 0.4) is 0 Å². The van der Waals surface area contributed by atoms with Crippen LogP contribution >= 0.6 is 0 Å². The minimum Gasteiger partial charge on any atom is -0.481 e. The van der Waals surface area contributed by atoms with Gasteiger partial charge in [-0.2, -0.15) is 0 Å². The highest BCUT2D eigenvalue weighted by atomic mass is 16.4. The summed E-state index contributed by atoms with van der Waals surface area (Å²) in [5.74, 6) is -1.74. The smallest absolute Gasteiger partial charge is 0.303 e. The number of aliphatic carboxylic acids is 2. The molecule has 0 aromatic carbocycles. The Bertz CT molecular complexity index is 210. The summed E-state index contributed by atoms with van der Waals surface area (Å²) in [5, 5.41) is 28.3. The normalized spacial score (nSPS) is 15.8. The molecular weight excluding hydrogens is 226 g/mol. The summed E-state index contributed by atoms with van der Waals surface area (Å²) in [6.07, 6.45) is 2.85. The van der Waals surface area contributed by atoms with Gasteiger partial charge >= 0.3 is 11.9 Å². The summed E-state index contributed by atoms with van der Waals surface area (Å²) in [6.45, 7) is 1.97. The summed E-state index contributed by atoms with van der Waals surface area (Å²) in [6, 6.07) is 0. The van der Waals surface area contributed by atoms with E-state index in [0.717, 1.165) is 25.9 Å². The minimum atomic E-state index is -0.870. The third-order valence-corrected chi connectivity index (χ3v) is 2.34. The molecule has 0 aromatic heterocycles. The molecule has 1 aliphatic heterocycles. The van der Waals surface area contributed by atoms with E-state index in [1.807, 2.05) is 0 Å². The third kappa shape index (κ3) is 12.8. The van der Waals surface area contributed by atoms with Crippen LogP contribution < -0.4 is 5.32 Å². The molecule has 1 rings (SSSR count). The number of aliphatic hydroxyl groups is 1. The quantitative estimate of drug-likeness (QED) is 0.525. The Kier molecular flexibility index (Phi) is 9.37. The van der Waals surface area contributed by atoms with Crippen molar-refractivity contribution in [3.8, 4) is 0 Å². The van der Waals surface area contributed by atoms with Crippen molar-refractivity contribution in [3.63, 3.8) is 0 Å². The zero-order valence-corrected chi connectivity index (χ0v) is 9.89. The van der Waals surface area contributed by atoms with Crippen molar-refractivity contribution in [3.05, 3.63) is 0 Å². The predicted molar refractivity (Wildman–Crippen MR) is 61.9 cm³/mol. The van der Waals surface area contributed by atoms with Crippen LogP contribution in [0.25, 0.3) is 0 Å². The number of piperidine rings is 1. The molecule has 0 spiro atoms. The molecule has 1 heterocycles. The van der Waals surface area contributed by atoms with Gasteiger partial charge in [0, 0.05) is 12.8 Å². The SMILES string of the molecule is O=C(O)CCCCC(=O)O.OC1CCNCC1. The lowest BCUT2D eigenvalue weighted by molar-refractivity contribution is -0.139. The van der Waals surface area contributed by atoms with Crippen LogP contribution in [-0.2, 0) is 9.59 Å². The van der Waals surface area contributed by atoms with Crippen LogP contribution in [0.1, 0.15) is 38.5 Å². The number of carboxylic acid groups (broad SMARTS) is 2. The van der Waals surface area contributed by atoms with E-state index in [9.17, 15) is 9.59 Å².